The molecule has 0 aliphatic rings. The van der Waals surface area contributed by atoms with Gasteiger partial charge in [-0.2, -0.15) is 5.10 Å². The molecule has 3 rings (SSSR count). The van der Waals surface area contributed by atoms with Gasteiger partial charge in [0.1, 0.15) is 5.75 Å². The predicted molar refractivity (Wildman–Crippen MR) is 103 cm³/mol. The Morgan fingerprint density at radius 1 is 1.08 bits per heavy atom. The molecular weight excluding hydrogens is 326 g/mol. The van der Waals surface area contributed by atoms with Crippen molar-refractivity contribution in [3.63, 3.8) is 0 Å². The first-order valence-corrected chi connectivity index (χ1v) is 8.32. The van der Waals surface area contributed by atoms with Gasteiger partial charge in [0.05, 0.1) is 24.6 Å². The van der Waals surface area contributed by atoms with Crippen LogP contribution in [0, 0.1) is 13.8 Å². The van der Waals surface area contributed by atoms with E-state index in [1.54, 1.807) is 19.4 Å². The molecule has 0 saturated carbocycles. The Labute approximate surface area is 152 Å². The minimum Gasteiger partial charge on any atom is -0.496 e. The van der Waals surface area contributed by atoms with Gasteiger partial charge in [-0.15, -0.1) is 0 Å². The highest BCUT2D eigenvalue weighted by Gasteiger charge is 2.11. The van der Waals surface area contributed by atoms with Crippen LogP contribution in [0.4, 0.5) is 0 Å². The van der Waals surface area contributed by atoms with E-state index in [1.807, 2.05) is 68.4 Å². The Morgan fingerprint density at radius 3 is 2.58 bits per heavy atom. The quantitative estimate of drug-likeness (QED) is 0.563. The van der Waals surface area contributed by atoms with Crippen LogP contribution >= 0.6 is 0 Å². The molecule has 0 radical (unpaired) electrons. The molecule has 132 valence electrons. The summed E-state index contributed by atoms with van der Waals surface area (Å²) in [4.78, 5) is 12.4. The largest absolute Gasteiger partial charge is 0.496 e. The third-order valence-electron chi connectivity index (χ3n) is 4.09. The topological polar surface area (TPSA) is 55.6 Å². The Morgan fingerprint density at radius 2 is 1.85 bits per heavy atom. The number of rotatable bonds is 5. The second-order valence-corrected chi connectivity index (χ2v) is 5.97. The smallest absolute Gasteiger partial charge is 0.275 e. The molecule has 3 aromatic rings. The summed E-state index contributed by atoms with van der Waals surface area (Å²) in [6, 6.07) is 19.4. The second-order valence-electron chi connectivity index (χ2n) is 5.97. The third-order valence-corrected chi connectivity index (χ3v) is 4.09. The van der Waals surface area contributed by atoms with E-state index < -0.39 is 0 Å². The van der Waals surface area contributed by atoms with Crippen molar-refractivity contribution in [3.8, 4) is 11.4 Å². The molecule has 0 atom stereocenters. The van der Waals surface area contributed by atoms with Crippen LogP contribution in [0.15, 0.2) is 65.8 Å². The highest BCUT2D eigenvalue weighted by Crippen LogP contribution is 2.20. The summed E-state index contributed by atoms with van der Waals surface area (Å²) in [7, 11) is 1.55. The number of carbonyl (C=O) groups excluding carboxylic acids is 1. The van der Waals surface area contributed by atoms with Crippen LogP contribution in [0.5, 0.6) is 5.75 Å². The van der Waals surface area contributed by atoms with Gasteiger partial charge in [0, 0.05) is 11.4 Å². The van der Waals surface area contributed by atoms with Gasteiger partial charge >= 0.3 is 0 Å². The molecule has 5 heteroatoms. The Balaban J connectivity index is 1.79. The maximum Gasteiger partial charge on any atom is 0.275 e. The number of ether oxygens (including phenoxy) is 1. The van der Waals surface area contributed by atoms with Crippen LogP contribution in [0.25, 0.3) is 5.69 Å². The first-order chi connectivity index (χ1) is 12.6. The number of nitrogens with one attached hydrogen (secondary N) is 1. The highest BCUT2D eigenvalue weighted by atomic mass is 16.5. The highest BCUT2D eigenvalue weighted by molar-refractivity contribution is 5.97. The molecule has 0 fully saturated rings. The number of para-hydroxylation sites is 1. The van der Waals surface area contributed by atoms with Gasteiger partial charge in [0.15, 0.2) is 0 Å². The van der Waals surface area contributed by atoms with Crippen LogP contribution in [-0.4, -0.2) is 23.8 Å². The van der Waals surface area contributed by atoms with Crippen molar-refractivity contribution in [2.75, 3.05) is 7.11 Å². The Bertz CT molecular complexity index is 943. The maximum atomic E-state index is 12.4. The lowest BCUT2D eigenvalue weighted by Gasteiger charge is -2.09. The van der Waals surface area contributed by atoms with E-state index in [0.29, 0.717) is 11.3 Å². The zero-order valence-corrected chi connectivity index (χ0v) is 15.1. The van der Waals surface area contributed by atoms with Crippen LogP contribution in [0.1, 0.15) is 27.3 Å². The molecule has 0 spiro atoms. The van der Waals surface area contributed by atoms with Crippen LogP contribution in [-0.2, 0) is 0 Å². The fourth-order valence-electron chi connectivity index (χ4n) is 2.79. The summed E-state index contributed by atoms with van der Waals surface area (Å²) in [6.45, 7) is 3.97. The molecule has 1 heterocycles. The molecule has 1 amide bonds. The van der Waals surface area contributed by atoms with Gasteiger partial charge in [-0.3, -0.25) is 4.79 Å². The number of aryl methyl sites for hydroxylation is 2. The van der Waals surface area contributed by atoms with Crippen molar-refractivity contribution in [2.24, 2.45) is 5.10 Å². The number of carbonyl (C=O) groups is 1. The first-order valence-electron chi connectivity index (χ1n) is 8.32. The van der Waals surface area contributed by atoms with Crippen LogP contribution in [0.3, 0.4) is 0 Å². The van der Waals surface area contributed by atoms with Gasteiger partial charge in [-0.1, -0.05) is 24.3 Å². The standard InChI is InChI=1S/C21H21N3O2/c1-15-9-12-19(20(13-15)26-3)21(25)23-22-14-18-11-10-16(2)24(18)17-7-5-4-6-8-17/h4-14H,1-3H3,(H,23,25)/b22-14+. The summed E-state index contributed by atoms with van der Waals surface area (Å²) < 4.78 is 7.35. The number of aromatic nitrogens is 1. The lowest BCUT2D eigenvalue weighted by atomic mass is 10.1. The van der Waals surface area contributed by atoms with E-state index in [9.17, 15) is 4.79 Å². The molecule has 1 N–H and O–H groups in total. The summed E-state index contributed by atoms with van der Waals surface area (Å²) >= 11 is 0. The molecule has 0 bridgehead atoms. The van der Waals surface area contributed by atoms with E-state index in [4.69, 9.17) is 4.74 Å². The molecule has 0 aliphatic heterocycles. The second kappa shape index (κ2) is 7.70. The van der Waals surface area contributed by atoms with Gasteiger partial charge in [0.2, 0.25) is 0 Å². The van der Waals surface area contributed by atoms with Gasteiger partial charge in [-0.05, 0) is 55.8 Å². The molecule has 2 aromatic carbocycles. The van der Waals surface area contributed by atoms with Crippen molar-refractivity contribution >= 4 is 12.1 Å². The predicted octanol–water partition coefficient (Wildman–Crippen LogP) is 3.87. The molecule has 26 heavy (non-hydrogen) atoms. The normalized spacial score (nSPS) is 10.9. The zero-order valence-electron chi connectivity index (χ0n) is 15.1. The fraction of sp³-hybridized carbons (Fsp3) is 0.143. The molecule has 0 saturated heterocycles. The van der Waals surface area contributed by atoms with Gasteiger partial charge in [0.25, 0.3) is 5.91 Å². The lowest BCUT2D eigenvalue weighted by Crippen LogP contribution is -2.18. The lowest BCUT2D eigenvalue weighted by molar-refractivity contribution is 0.0952. The first kappa shape index (κ1) is 17.5. The molecule has 5 nitrogen and oxygen atoms in total. The van der Waals surface area contributed by atoms with E-state index in [2.05, 4.69) is 15.1 Å². The van der Waals surface area contributed by atoms with E-state index >= 15 is 0 Å². The number of hydrazone groups is 1. The van der Waals surface area contributed by atoms with Crippen LogP contribution < -0.4 is 10.2 Å². The fourth-order valence-corrected chi connectivity index (χ4v) is 2.79. The number of hydrogen-bond donors (Lipinski definition) is 1. The van der Waals surface area contributed by atoms with Crippen molar-refractivity contribution in [3.05, 3.63) is 83.2 Å². The number of nitrogens with zero attached hydrogens (tertiary/aromatic N) is 2. The zero-order chi connectivity index (χ0) is 18.5. The van der Waals surface area contributed by atoms with E-state index in [0.717, 1.165) is 22.6 Å². The van der Waals surface area contributed by atoms with Crippen molar-refractivity contribution in [1.82, 2.24) is 9.99 Å². The summed E-state index contributed by atoms with van der Waals surface area (Å²) in [6.07, 6.45) is 1.64. The summed E-state index contributed by atoms with van der Waals surface area (Å²) in [5.74, 6) is 0.217. The summed E-state index contributed by atoms with van der Waals surface area (Å²) in [5.41, 5.74) is 7.05. The average Bonchev–Trinajstić information content (AvgIpc) is 3.02. The molecular formula is C21H21N3O2. The maximum absolute atomic E-state index is 12.4. The van der Waals surface area contributed by atoms with Gasteiger partial charge in [-0.25, -0.2) is 5.43 Å². The number of benzene rings is 2. The SMILES string of the molecule is COc1cc(C)ccc1C(=O)N/N=C/c1ccc(C)n1-c1ccccc1. The number of hydrogen-bond acceptors (Lipinski definition) is 3. The van der Waals surface area contributed by atoms with Crippen LogP contribution in [0.2, 0.25) is 0 Å². The number of methoxy groups -OCH3 is 1. The summed E-state index contributed by atoms with van der Waals surface area (Å²) in [5, 5.41) is 4.11. The van der Waals surface area contributed by atoms with Crippen molar-refractivity contribution in [2.45, 2.75) is 13.8 Å². The monoisotopic (exact) mass is 347 g/mol. The molecule has 1 aromatic heterocycles. The van der Waals surface area contributed by atoms with E-state index in [1.165, 1.54) is 0 Å². The average molecular weight is 347 g/mol. The Kier molecular flexibility index (Phi) is 5.17. The van der Waals surface area contributed by atoms with Gasteiger partial charge < -0.3 is 9.30 Å². The van der Waals surface area contributed by atoms with Crippen molar-refractivity contribution < 1.29 is 9.53 Å². The third kappa shape index (κ3) is 3.67. The van der Waals surface area contributed by atoms with Crippen molar-refractivity contribution in [1.29, 1.82) is 0 Å². The minimum absolute atomic E-state index is 0.312. The molecule has 0 unspecified atom stereocenters. The molecule has 0 aliphatic carbocycles. The minimum atomic E-state index is -0.312. The number of amides is 1. The Hall–Kier alpha value is -3.34. The van der Waals surface area contributed by atoms with E-state index in [-0.39, 0.29) is 5.91 Å².